The zero-order valence-electron chi connectivity index (χ0n) is 12.9. The predicted octanol–water partition coefficient (Wildman–Crippen LogP) is 3.06. The fourth-order valence-corrected chi connectivity index (χ4v) is 2.92. The maximum absolute atomic E-state index is 12.0. The number of thioether (sulfide) groups is 1. The van der Waals surface area contributed by atoms with Gasteiger partial charge in [0.15, 0.2) is 0 Å². The molecule has 118 valence electrons. The number of anilines is 1. The minimum absolute atomic E-state index is 0.00948. The highest BCUT2D eigenvalue weighted by atomic mass is 32.2. The van der Waals surface area contributed by atoms with Crippen molar-refractivity contribution >= 4 is 29.4 Å². The van der Waals surface area contributed by atoms with Crippen LogP contribution in [0.5, 0.6) is 0 Å². The first-order valence-corrected chi connectivity index (χ1v) is 8.12. The normalized spacial score (nSPS) is 11.2. The third-order valence-corrected chi connectivity index (χ3v) is 5.29. The number of hydrogen-bond acceptors (Lipinski definition) is 3. The molecule has 1 heterocycles. The summed E-state index contributed by atoms with van der Waals surface area (Å²) in [6, 6.07) is 1.21. The predicted molar refractivity (Wildman–Crippen MR) is 86.3 cm³/mol. The number of aryl methyl sites for hydroxylation is 1. The number of carbonyl (C=O) groups is 2. The van der Waals surface area contributed by atoms with E-state index in [-0.39, 0.29) is 16.1 Å². The first-order chi connectivity index (χ1) is 9.87. The number of carboxylic acid groups (broad SMARTS) is 1. The maximum atomic E-state index is 12.0. The molecule has 1 aromatic rings. The van der Waals surface area contributed by atoms with Gasteiger partial charge in [0.25, 0.3) is 0 Å². The number of nitrogens with one attached hydrogen (secondary N) is 3. The van der Waals surface area contributed by atoms with Crippen LogP contribution >= 0.6 is 11.8 Å². The molecule has 0 unspecified atom stereocenters. The zero-order valence-corrected chi connectivity index (χ0v) is 13.7. The van der Waals surface area contributed by atoms with Crippen LogP contribution in [0.1, 0.15) is 42.9 Å². The van der Waals surface area contributed by atoms with E-state index in [0.29, 0.717) is 12.2 Å². The van der Waals surface area contributed by atoms with Crippen LogP contribution in [0.2, 0.25) is 0 Å². The van der Waals surface area contributed by atoms with Crippen molar-refractivity contribution in [3.05, 3.63) is 17.5 Å². The molecule has 0 fully saturated rings. The Labute approximate surface area is 129 Å². The summed E-state index contributed by atoms with van der Waals surface area (Å²) in [5, 5.41) is 14.5. The second-order valence-electron chi connectivity index (χ2n) is 4.95. The summed E-state index contributed by atoms with van der Waals surface area (Å²) in [4.78, 5) is 25.7. The highest BCUT2D eigenvalue weighted by Crippen LogP contribution is 2.29. The summed E-state index contributed by atoms with van der Waals surface area (Å²) in [6.07, 6.45) is 3.94. The molecule has 7 heteroatoms. The van der Waals surface area contributed by atoms with Crippen LogP contribution in [0.25, 0.3) is 0 Å². The van der Waals surface area contributed by atoms with Crippen LogP contribution in [0, 0.1) is 6.92 Å². The number of aromatic carboxylic acids is 1. The van der Waals surface area contributed by atoms with Crippen molar-refractivity contribution in [2.45, 2.75) is 38.4 Å². The second-order valence-corrected chi connectivity index (χ2v) is 6.22. The molecule has 4 N–H and O–H groups in total. The van der Waals surface area contributed by atoms with E-state index in [4.69, 9.17) is 5.11 Å². The number of H-pyrrole nitrogens is 1. The van der Waals surface area contributed by atoms with Crippen molar-refractivity contribution < 1.29 is 14.7 Å². The molecule has 0 bridgehead atoms. The number of aromatic nitrogens is 1. The molecule has 0 radical (unpaired) electrons. The van der Waals surface area contributed by atoms with Crippen molar-refractivity contribution in [1.29, 1.82) is 0 Å². The van der Waals surface area contributed by atoms with Crippen molar-refractivity contribution in [3.63, 3.8) is 0 Å². The third-order valence-electron chi connectivity index (χ3n) is 3.71. The summed E-state index contributed by atoms with van der Waals surface area (Å²) in [5.41, 5.74) is 0.952. The Bertz CT molecular complexity index is 501. The SMILES string of the molecule is CCC(CC)(CNC(=O)Nc1cc(C)[nH]c1C(=O)O)SC. The molecule has 0 aromatic carbocycles. The quantitative estimate of drug-likeness (QED) is 0.622. The van der Waals surface area contributed by atoms with Gasteiger partial charge in [-0.3, -0.25) is 0 Å². The average Bonchev–Trinajstić information content (AvgIpc) is 2.82. The van der Waals surface area contributed by atoms with Crippen LogP contribution in [0.4, 0.5) is 10.5 Å². The van der Waals surface area contributed by atoms with Crippen molar-refractivity contribution in [2.24, 2.45) is 0 Å². The van der Waals surface area contributed by atoms with E-state index in [1.165, 1.54) is 0 Å². The summed E-state index contributed by atoms with van der Waals surface area (Å²) >= 11 is 1.74. The number of rotatable bonds is 7. The number of hydrogen-bond donors (Lipinski definition) is 4. The van der Waals surface area contributed by atoms with Crippen LogP contribution in [0.15, 0.2) is 6.07 Å². The average molecular weight is 313 g/mol. The monoisotopic (exact) mass is 313 g/mol. The molecule has 1 rings (SSSR count). The lowest BCUT2D eigenvalue weighted by atomic mass is 10.0. The van der Waals surface area contributed by atoms with Crippen LogP contribution in [-0.4, -0.2) is 39.6 Å². The molecule has 0 aliphatic rings. The van der Waals surface area contributed by atoms with E-state index >= 15 is 0 Å². The fourth-order valence-electron chi connectivity index (χ4n) is 2.13. The van der Waals surface area contributed by atoms with Gasteiger partial charge in [-0.15, -0.1) is 0 Å². The van der Waals surface area contributed by atoms with Crippen molar-refractivity contribution in [1.82, 2.24) is 10.3 Å². The smallest absolute Gasteiger partial charge is 0.354 e. The van der Waals surface area contributed by atoms with E-state index in [0.717, 1.165) is 12.8 Å². The minimum atomic E-state index is -1.10. The van der Waals surface area contributed by atoms with Gasteiger partial charge in [-0.2, -0.15) is 11.8 Å². The van der Waals surface area contributed by atoms with E-state index in [2.05, 4.69) is 29.5 Å². The Kier molecular flexibility index (Phi) is 6.14. The number of carbonyl (C=O) groups excluding carboxylic acids is 1. The Balaban J connectivity index is 2.68. The van der Waals surface area contributed by atoms with E-state index in [1.807, 2.05) is 6.26 Å². The van der Waals surface area contributed by atoms with E-state index in [9.17, 15) is 9.59 Å². The van der Waals surface area contributed by atoms with Gasteiger partial charge >= 0.3 is 12.0 Å². The standard InChI is InChI=1S/C14H23N3O3S/c1-5-14(6-2,21-4)8-15-13(20)17-10-7-9(3)16-11(10)12(18)19/h7,16H,5-6,8H2,1-4H3,(H,18,19)(H2,15,17,20). The molecular formula is C14H23N3O3S. The van der Waals surface area contributed by atoms with Crippen LogP contribution < -0.4 is 10.6 Å². The molecule has 1 aromatic heterocycles. The first kappa shape index (κ1) is 17.4. The summed E-state index contributed by atoms with van der Waals surface area (Å²) < 4.78 is 0.0149. The van der Waals surface area contributed by atoms with Crippen LogP contribution in [-0.2, 0) is 0 Å². The molecule has 0 saturated carbocycles. The summed E-state index contributed by atoms with van der Waals surface area (Å²) in [6.45, 7) is 6.47. The highest BCUT2D eigenvalue weighted by molar-refractivity contribution is 8.00. The second kappa shape index (κ2) is 7.40. The molecular weight excluding hydrogens is 290 g/mol. The third kappa shape index (κ3) is 4.42. The lowest BCUT2D eigenvalue weighted by Crippen LogP contribution is -2.41. The first-order valence-electron chi connectivity index (χ1n) is 6.90. The van der Waals surface area contributed by atoms with Gasteiger partial charge in [-0.05, 0) is 32.1 Å². The number of aromatic amines is 1. The number of carboxylic acids is 1. The summed E-state index contributed by atoms with van der Waals surface area (Å²) in [7, 11) is 0. The molecule has 0 spiro atoms. The number of amides is 2. The fraction of sp³-hybridized carbons (Fsp3) is 0.571. The minimum Gasteiger partial charge on any atom is -0.477 e. The molecule has 0 aliphatic heterocycles. The van der Waals surface area contributed by atoms with Gasteiger partial charge in [0.05, 0.1) is 5.69 Å². The lowest BCUT2D eigenvalue weighted by Gasteiger charge is -2.29. The van der Waals surface area contributed by atoms with Crippen LogP contribution in [0.3, 0.4) is 0 Å². The van der Waals surface area contributed by atoms with Gasteiger partial charge in [0.1, 0.15) is 5.69 Å². The maximum Gasteiger partial charge on any atom is 0.354 e. The van der Waals surface area contributed by atoms with Gasteiger partial charge in [-0.25, -0.2) is 9.59 Å². The molecule has 21 heavy (non-hydrogen) atoms. The zero-order chi connectivity index (χ0) is 16.0. The van der Waals surface area contributed by atoms with Gasteiger partial charge in [-0.1, -0.05) is 13.8 Å². The lowest BCUT2D eigenvalue weighted by molar-refractivity contribution is 0.0692. The molecule has 0 atom stereocenters. The molecule has 0 saturated heterocycles. The summed E-state index contributed by atoms with van der Waals surface area (Å²) in [5.74, 6) is -1.10. The van der Waals surface area contributed by atoms with E-state index in [1.54, 1.807) is 24.8 Å². The number of urea groups is 1. The molecule has 6 nitrogen and oxygen atoms in total. The van der Waals surface area contributed by atoms with Gasteiger partial charge in [0, 0.05) is 17.0 Å². The van der Waals surface area contributed by atoms with E-state index < -0.39 is 12.0 Å². The van der Waals surface area contributed by atoms with Crippen molar-refractivity contribution in [2.75, 3.05) is 18.1 Å². The topological polar surface area (TPSA) is 94.2 Å². The highest BCUT2D eigenvalue weighted by Gasteiger charge is 2.25. The Morgan fingerprint density at radius 1 is 1.38 bits per heavy atom. The van der Waals surface area contributed by atoms with Gasteiger partial charge in [0.2, 0.25) is 0 Å². The Hall–Kier alpha value is -1.63. The van der Waals surface area contributed by atoms with Crippen molar-refractivity contribution in [3.8, 4) is 0 Å². The largest absolute Gasteiger partial charge is 0.477 e. The Morgan fingerprint density at radius 3 is 2.48 bits per heavy atom. The Morgan fingerprint density at radius 2 is 2.00 bits per heavy atom. The van der Waals surface area contributed by atoms with Gasteiger partial charge < -0.3 is 20.7 Å². The molecule has 2 amide bonds. The molecule has 0 aliphatic carbocycles.